The summed E-state index contributed by atoms with van der Waals surface area (Å²) in [6.07, 6.45) is -0.0672. The van der Waals surface area contributed by atoms with E-state index < -0.39 is 46.3 Å². The van der Waals surface area contributed by atoms with E-state index in [1.54, 1.807) is 65.9 Å². The Hall–Kier alpha value is -4.89. The molecule has 11 nitrogen and oxygen atoms in total. The fourth-order valence-corrected chi connectivity index (χ4v) is 6.29. The third-order valence-electron chi connectivity index (χ3n) is 7.66. The van der Waals surface area contributed by atoms with Crippen molar-refractivity contribution in [1.82, 2.24) is 20.2 Å². The van der Waals surface area contributed by atoms with E-state index in [0.717, 1.165) is 35.2 Å². The number of thioether (sulfide) groups is 1. The van der Waals surface area contributed by atoms with Crippen LogP contribution in [-0.4, -0.2) is 59.2 Å². The first-order chi connectivity index (χ1) is 25.7. The lowest BCUT2D eigenvalue weighted by Gasteiger charge is -2.28. The molecule has 0 fully saturated rings. The van der Waals surface area contributed by atoms with Gasteiger partial charge >= 0.3 is 12.2 Å². The van der Waals surface area contributed by atoms with Gasteiger partial charge in [0.05, 0.1) is 30.6 Å². The van der Waals surface area contributed by atoms with Gasteiger partial charge in [-0.05, 0) is 83.5 Å². The Bertz CT molecular complexity index is 1970. The number of amides is 2. The summed E-state index contributed by atoms with van der Waals surface area (Å²) in [4.78, 5) is 33.4. The molecule has 0 spiro atoms. The molecule has 1 heterocycles. The molecule has 0 atom stereocenters. The number of benzene rings is 3. The summed E-state index contributed by atoms with van der Waals surface area (Å²) in [6, 6.07) is 13.4. The quantitative estimate of drug-likeness (QED) is 0.0666. The van der Waals surface area contributed by atoms with E-state index in [0.29, 0.717) is 21.6 Å². The van der Waals surface area contributed by atoms with Gasteiger partial charge < -0.3 is 18.9 Å². The van der Waals surface area contributed by atoms with Gasteiger partial charge in [0.2, 0.25) is 5.96 Å². The van der Waals surface area contributed by atoms with E-state index in [1.807, 2.05) is 30.5 Å². The standard InChI is InChI=1S/C39H45ClF3N5O6S/c1-37(2,3)53-35(49)46-33(47-36(50)54-38(4,5)6)44-16-17-52-26-19-29(42)27(30(43)20-26)22-55-34-45-21-32(48(34)25-13-11-24(41)12-14-25)39(7,8)23-10-15-28(40)31(18-23)51-9/h10-15,18-21H,16-17,22H2,1-9H3,(H2,44,46,47,49,50). The maximum atomic E-state index is 15.4. The molecule has 55 heavy (non-hydrogen) atoms. The number of methoxy groups -OCH3 is 1. The highest BCUT2D eigenvalue weighted by Crippen LogP contribution is 2.39. The number of carbonyl (C=O) groups excluding carboxylic acids is 2. The smallest absolute Gasteiger partial charge is 0.414 e. The van der Waals surface area contributed by atoms with E-state index >= 15 is 8.78 Å². The zero-order valence-electron chi connectivity index (χ0n) is 32.1. The van der Waals surface area contributed by atoms with Crippen LogP contribution in [0.1, 0.15) is 72.2 Å². The zero-order valence-corrected chi connectivity index (χ0v) is 33.7. The van der Waals surface area contributed by atoms with E-state index in [1.165, 1.54) is 19.2 Å². The van der Waals surface area contributed by atoms with E-state index in [-0.39, 0.29) is 36.2 Å². The predicted molar refractivity (Wildman–Crippen MR) is 206 cm³/mol. The van der Waals surface area contributed by atoms with Gasteiger partial charge in [0.15, 0.2) is 5.16 Å². The van der Waals surface area contributed by atoms with Crippen LogP contribution in [0.15, 0.2) is 70.9 Å². The van der Waals surface area contributed by atoms with Crippen LogP contribution < -0.4 is 20.1 Å². The number of halogens is 4. The van der Waals surface area contributed by atoms with Gasteiger partial charge in [0.25, 0.3) is 0 Å². The Labute approximate surface area is 328 Å². The highest BCUT2D eigenvalue weighted by atomic mass is 35.5. The van der Waals surface area contributed by atoms with Gasteiger partial charge in [-0.25, -0.2) is 32.7 Å². The summed E-state index contributed by atoms with van der Waals surface area (Å²) in [5.41, 5.74) is -0.332. The largest absolute Gasteiger partial charge is 0.495 e. The molecule has 296 valence electrons. The van der Waals surface area contributed by atoms with Crippen molar-refractivity contribution in [2.24, 2.45) is 4.99 Å². The first-order valence-corrected chi connectivity index (χ1v) is 18.5. The van der Waals surface area contributed by atoms with Crippen molar-refractivity contribution in [2.75, 3.05) is 20.3 Å². The molecule has 0 aliphatic rings. The summed E-state index contributed by atoms with van der Waals surface area (Å²) >= 11 is 7.39. The molecule has 0 aliphatic carbocycles. The number of imidazole rings is 1. The van der Waals surface area contributed by atoms with E-state index in [9.17, 15) is 14.0 Å². The SMILES string of the molecule is COc1cc(C(C)(C)c2cnc(SCc3c(F)cc(OCCN=C(NC(=O)OC(C)(C)C)NC(=O)OC(C)(C)C)cc3F)n2-c2ccc(F)cc2)ccc1Cl. The minimum atomic E-state index is -0.872. The van der Waals surface area contributed by atoms with Crippen LogP contribution in [0.3, 0.4) is 0 Å². The van der Waals surface area contributed by atoms with E-state index in [4.69, 9.17) is 30.5 Å². The topological polar surface area (TPSA) is 125 Å². The second kappa shape index (κ2) is 17.7. The molecule has 2 amide bonds. The molecule has 0 unspecified atom stereocenters. The van der Waals surface area contributed by atoms with Gasteiger partial charge in [-0.2, -0.15) is 0 Å². The Morgan fingerprint density at radius 3 is 2.00 bits per heavy atom. The molecule has 2 N–H and O–H groups in total. The first kappa shape index (κ1) is 42.8. The summed E-state index contributed by atoms with van der Waals surface area (Å²) in [5.74, 6) is -2.13. The molecule has 4 rings (SSSR count). The number of guanidine groups is 1. The van der Waals surface area contributed by atoms with Gasteiger partial charge in [-0.1, -0.05) is 43.3 Å². The Kier molecular flexibility index (Phi) is 13.8. The molecule has 0 saturated carbocycles. The molecule has 1 aromatic heterocycles. The fourth-order valence-electron chi connectivity index (χ4n) is 5.08. The monoisotopic (exact) mass is 803 g/mol. The van der Waals surface area contributed by atoms with Crippen molar-refractivity contribution in [1.29, 1.82) is 0 Å². The van der Waals surface area contributed by atoms with Gasteiger partial charge in [0.1, 0.15) is 46.8 Å². The maximum absolute atomic E-state index is 15.4. The molecular formula is C39H45ClF3N5O6S. The van der Waals surface area contributed by atoms with Crippen LogP contribution >= 0.6 is 23.4 Å². The van der Waals surface area contributed by atoms with Crippen LogP contribution in [0.5, 0.6) is 11.5 Å². The van der Waals surface area contributed by atoms with Crippen molar-refractivity contribution in [3.8, 4) is 17.2 Å². The number of rotatable bonds is 11. The average Bonchev–Trinajstić information content (AvgIpc) is 3.50. The highest BCUT2D eigenvalue weighted by Gasteiger charge is 2.31. The second-order valence-corrected chi connectivity index (χ2v) is 16.0. The number of nitrogens with one attached hydrogen (secondary N) is 2. The number of alkyl carbamates (subject to hydrolysis) is 2. The van der Waals surface area contributed by atoms with Crippen LogP contribution in [-0.2, 0) is 20.6 Å². The Morgan fingerprint density at radius 2 is 1.45 bits per heavy atom. The van der Waals surface area contributed by atoms with Gasteiger partial charge in [-0.3, -0.25) is 15.2 Å². The molecular weight excluding hydrogens is 759 g/mol. The minimum absolute atomic E-state index is 0.101. The third-order valence-corrected chi connectivity index (χ3v) is 8.95. The molecule has 16 heteroatoms. The zero-order chi connectivity index (χ0) is 40.7. The number of nitrogens with zero attached hydrogens (tertiary/aromatic N) is 3. The fraction of sp³-hybridized carbons (Fsp3) is 0.385. The van der Waals surface area contributed by atoms with Gasteiger partial charge in [0, 0.05) is 34.6 Å². The summed E-state index contributed by atoms with van der Waals surface area (Å²) < 4.78 is 68.1. The van der Waals surface area contributed by atoms with Crippen molar-refractivity contribution in [2.45, 2.75) is 82.9 Å². The van der Waals surface area contributed by atoms with Crippen LogP contribution in [0, 0.1) is 17.5 Å². The number of carbonyl (C=O) groups is 2. The highest BCUT2D eigenvalue weighted by molar-refractivity contribution is 7.98. The number of aromatic nitrogens is 2. The van der Waals surface area contributed by atoms with Crippen molar-refractivity contribution in [3.05, 3.63) is 100 Å². The van der Waals surface area contributed by atoms with Crippen molar-refractivity contribution < 1.29 is 41.7 Å². The molecule has 3 aromatic carbocycles. The summed E-state index contributed by atoms with van der Waals surface area (Å²) in [5, 5.41) is 5.57. The molecule has 4 aromatic rings. The lowest BCUT2D eigenvalue weighted by atomic mass is 9.81. The van der Waals surface area contributed by atoms with Crippen molar-refractivity contribution >= 4 is 41.5 Å². The number of aliphatic imine (C=N–C) groups is 1. The van der Waals surface area contributed by atoms with Crippen LogP contribution in [0.4, 0.5) is 22.8 Å². The molecule has 0 bridgehead atoms. The number of ether oxygens (including phenoxy) is 4. The number of hydrogen-bond acceptors (Lipinski definition) is 9. The first-order valence-electron chi connectivity index (χ1n) is 17.1. The minimum Gasteiger partial charge on any atom is -0.495 e. The lowest BCUT2D eigenvalue weighted by Crippen LogP contribution is -2.47. The predicted octanol–water partition coefficient (Wildman–Crippen LogP) is 9.35. The average molecular weight is 804 g/mol. The molecule has 0 saturated heterocycles. The van der Waals surface area contributed by atoms with Crippen LogP contribution in [0.25, 0.3) is 5.69 Å². The van der Waals surface area contributed by atoms with Crippen molar-refractivity contribution in [3.63, 3.8) is 0 Å². The molecule has 0 aliphatic heterocycles. The van der Waals surface area contributed by atoms with Gasteiger partial charge in [-0.15, -0.1) is 0 Å². The lowest BCUT2D eigenvalue weighted by molar-refractivity contribution is 0.0544. The van der Waals surface area contributed by atoms with E-state index in [2.05, 4.69) is 20.6 Å². The third kappa shape index (κ3) is 12.0. The van der Waals surface area contributed by atoms with Crippen LogP contribution in [0.2, 0.25) is 5.02 Å². The maximum Gasteiger partial charge on any atom is 0.414 e. The molecule has 0 radical (unpaired) electrons. The Balaban J connectivity index is 1.51. The summed E-state index contributed by atoms with van der Waals surface area (Å²) in [6.45, 7) is 13.7. The normalized spacial score (nSPS) is 11.8. The Morgan fingerprint density at radius 1 is 0.873 bits per heavy atom. The number of hydrogen-bond donors (Lipinski definition) is 2. The second-order valence-electron chi connectivity index (χ2n) is 14.7. The summed E-state index contributed by atoms with van der Waals surface area (Å²) in [7, 11) is 1.53.